The summed E-state index contributed by atoms with van der Waals surface area (Å²) in [6.45, 7) is 2.10. The molecule has 0 nitrogen and oxygen atoms in total. The first kappa shape index (κ1) is 12.9. The lowest BCUT2D eigenvalue weighted by Gasteiger charge is -2.15. The van der Waals surface area contributed by atoms with Crippen LogP contribution in [0.25, 0.3) is 0 Å². The van der Waals surface area contributed by atoms with Gasteiger partial charge in [0.15, 0.2) is 11.6 Å². The van der Waals surface area contributed by atoms with Crippen molar-refractivity contribution in [1.82, 2.24) is 0 Å². The molecular formula is C10H8F6. The molecule has 6 heteroatoms. The van der Waals surface area contributed by atoms with Crippen molar-refractivity contribution in [3.8, 4) is 0 Å². The van der Waals surface area contributed by atoms with Crippen molar-refractivity contribution in [2.24, 2.45) is 0 Å². The van der Waals surface area contributed by atoms with Gasteiger partial charge in [0, 0.05) is 11.1 Å². The van der Waals surface area contributed by atoms with E-state index in [9.17, 15) is 26.3 Å². The molecular weight excluding hydrogens is 234 g/mol. The minimum atomic E-state index is -5.11. The predicted octanol–water partition coefficient (Wildman–Crippen LogP) is 3.99. The summed E-state index contributed by atoms with van der Waals surface area (Å²) in [5, 5.41) is 0. The lowest BCUT2D eigenvalue weighted by atomic mass is 10.0. The van der Waals surface area contributed by atoms with Crippen molar-refractivity contribution in [1.29, 1.82) is 0 Å². The smallest absolute Gasteiger partial charge is 0.206 e. The lowest BCUT2D eigenvalue weighted by Crippen LogP contribution is -2.16. The van der Waals surface area contributed by atoms with Gasteiger partial charge < -0.3 is 0 Å². The van der Waals surface area contributed by atoms with Gasteiger partial charge in [0.1, 0.15) is 11.4 Å². The highest BCUT2D eigenvalue weighted by molar-refractivity contribution is 5.37. The highest BCUT2D eigenvalue weighted by Crippen LogP contribution is 2.37. The molecule has 0 saturated heterocycles. The molecule has 0 aromatic heterocycles. The Hall–Kier alpha value is -1.20. The van der Waals surface area contributed by atoms with Gasteiger partial charge >= 0.3 is 6.18 Å². The van der Waals surface area contributed by atoms with Gasteiger partial charge in [-0.3, -0.25) is 0 Å². The summed E-state index contributed by atoms with van der Waals surface area (Å²) in [6.07, 6.45) is -5.32. The zero-order valence-corrected chi connectivity index (χ0v) is 8.47. The van der Waals surface area contributed by atoms with Crippen LogP contribution >= 0.6 is 0 Å². The summed E-state index contributed by atoms with van der Waals surface area (Å²) in [4.78, 5) is 0. The Bertz CT molecular complexity index is 389. The molecule has 0 fully saturated rings. The normalized spacial score (nSPS) is 12.0. The molecule has 0 radical (unpaired) electrons. The van der Waals surface area contributed by atoms with Crippen LogP contribution in [0.1, 0.15) is 23.6 Å². The number of alkyl halides is 3. The van der Waals surface area contributed by atoms with E-state index in [1.165, 1.54) is 6.92 Å². The van der Waals surface area contributed by atoms with Crippen molar-refractivity contribution in [2.45, 2.75) is 26.4 Å². The van der Waals surface area contributed by atoms with Crippen LogP contribution in [-0.4, -0.2) is 0 Å². The fourth-order valence-corrected chi connectivity index (χ4v) is 1.49. The second kappa shape index (κ2) is 3.99. The molecule has 1 rings (SSSR count). The van der Waals surface area contributed by atoms with Crippen molar-refractivity contribution in [3.63, 3.8) is 0 Å². The number of benzene rings is 1. The predicted molar refractivity (Wildman–Crippen MR) is 45.4 cm³/mol. The Morgan fingerprint density at radius 2 is 1.44 bits per heavy atom. The summed E-state index contributed by atoms with van der Waals surface area (Å²) in [5.41, 5.74) is -3.45. The van der Waals surface area contributed by atoms with Crippen LogP contribution in [-0.2, 0) is 12.6 Å². The molecule has 1 aromatic carbocycles. The van der Waals surface area contributed by atoms with Gasteiger partial charge in [0.05, 0.1) is 0 Å². The molecule has 0 unspecified atom stereocenters. The second-order valence-corrected chi connectivity index (χ2v) is 3.27. The van der Waals surface area contributed by atoms with Gasteiger partial charge in [-0.1, -0.05) is 6.92 Å². The quantitative estimate of drug-likeness (QED) is 0.516. The Labute approximate surface area is 87.9 Å². The highest BCUT2D eigenvalue weighted by atomic mass is 19.4. The topological polar surface area (TPSA) is 0 Å². The third kappa shape index (κ3) is 1.88. The van der Waals surface area contributed by atoms with Crippen molar-refractivity contribution in [2.75, 3.05) is 0 Å². The zero-order valence-electron chi connectivity index (χ0n) is 8.47. The van der Waals surface area contributed by atoms with E-state index < -0.39 is 40.3 Å². The molecule has 0 saturated carbocycles. The standard InChI is InChI=1S/C10H8F6/c1-3-5-7(11)4(2)6(10(14,15)16)9(13)8(5)12/h3H2,1-2H3. The maximum Gasteiger partial charge on any atom is 0.419 e. The Morgan fingerprint density at radius 3 is 1.81 bits per heavy atom. The second-order valence-electron chi connectivity index (χ2n) is 3.27. The van der Waals surface area contributed by atoms with Gasteiger partial charge in [-0.15, -0.1) is 0 Å². The number of rotatable bonds is 1. The number of hydrogen-bond donors (Lipinski definition) is 0. The fourth-order valence-electron chi connectivity index (χ4n) is 1.49. The highest BCUT2D eigenvalue weighted by Gasteiger charge is 2.39. The third-order valence-corrected chi connectivity index (χ3v) is 2.28. The molecule has 0 bridgehead atoms. The molecule has 90 valence electrons. The fraction of sp³-hybridized carbons (Fsp3) is 0.400. The lowest BCUT2D eigenvalue weighted by molar-refractivity contribution is -0.141. The summed E-state index contributed by atoms with van der Waals surface area (Å²) in [7, 11) is 0. The van der Waals surface area contributed by atoms with Gasteiger partial charge in [-0.25, -0.2) is 13.2 Å². The summed E-state index contributed by atoms with van der Waals surface area (Å²) in [6, 6.07) is 0. The Morgan fingerprint density at radius 1 is 0.938 bits per heavy atom. The van der Waals surface area contributed by atoms with Crippen molar-refractivity contribution in [3.05, 3.63) is 34.1 Å². The zero-order chi connectivity index (χ0) is 12.7. The molecule has 0 atom stereocenters. The minimum Gasteiger partial charge on any atom is -0.206 e. The monoisotopic (exact) mass is 242 g/mol. The van der Waals surface area contributed by atoms with Crippen LogP contribution < -0.4 is 0 Å². The van der Waals surface area contributed by atoms with Crippen LogP contribution in [0.15, 0.2) is 0 Å². The van der Waals surface area contributed by atoms with Gasteiger partial charge in [-0.2, -0.15) is 13.2 Å². The average Bonchev–Trinajstić information content (AvgIpc) is 2.14. The maximum absolute atomic E-state index is 13.3. The van der Waals surface area contributed by atoms with Crippen LogP contribution in [0.4, 0.5) is 26.3 Å². The van der Waals surface area contributed by atoms with Crippen LogP contribution in [0.5, 0.6) is 0 Å². The molecule has 0 aliphatic heterocycles. The van der Waals surface area contributed by atoms with E-state index in [-0.39, 0.29) is 6.42 Å². The minimum absolute atomic E-state index is 0.215. The third-order valence-electron chi connectivity index (χ3n) is 2.28. The van der Waals surface area contributed by atoms with E-state index in [0.29, 0.717) is 0 Å². The first-order valence-corrected chi connectivity index (χ1v) is 4.44. The van der Waals surface area contributed by atoms with E-state index in [0.717, 1.165) is 6.92 Å². The van der Waals surface area contributed by atoms with E-state index in [4.69, 9.17) is 0 Å². The molecule has 0 aliphatic carbocycles. The van der Waals surface area contributed by atoms with E-state index in [1.54, 1.807) is 0 Å². The summed E-state index contributed by atoms with van der Waals surface area (Å²) < 4.78 is 76.6. The number of halogens is 6. The first-order valence-electron chi connectivity index (χ1n) is 4.44. The van der Waals surface area contributed by atoms with Gasteiger partial charge in [0.2, 0.25) is 0 Å². The maximum atomic E-state index is 13.3. The molecule has 0 aliphatic rings. The van der Waals surface area contributed by atoms with E-state index in [2.05, 4.69) is 0 Å². The Balaban J connectivity index is 3.67. The van der Waals surface area contributed by atoms with Crippen molar-refractivity contribution >= 4 is 0 Å². The van der Waals surface area contributed by atoms with Gasteiger partial charge in [0.25, 0.3) is 0 Å². The average molecular weight is 242 g/mol. The van der Waals surface area contributed by atoms with Crippen LogP contribution in [0, 0.1) is 24.4 Å². The van der Waals surface area contributed by atoms with Crippen LogP contribution in [0.3, 0.4) is 0 Å². The van der Waals surface area contributed by atoms with E-state index in [1.807, 2.05) is 0 Å². The molecule has 0 heterocycles. The SMILES string of the molecule is CCc1c(F)c(C)c(C(F)(F)F)c(F)c1F. The Kier molecular flexibility index (Phi) is 3.21. The molecule has 1 aromatic rings. The van der Waals surface area contributed by atoms with Crippen molar-refractivity contribution < 1.29 is 26.3 Å². The van der Waals surface area contributed by atoms with Gasteiger partial charge in [-0.05, 0) is 13.3 Å². The van der Waals surface area contributed by atoms with E-state index >= 15 is 0 Å². The molecule has 16 heavy (non-hydrogen) atoms. The largest absolute Gasteiger partial charge is 0.419 e. The van der Waals surface area contributed by atoms with Crippen LogP contribution in [0.2, 0.25) is 0 Å². The molecule has 0 spiro atoms. The summed E-state index contributed by atoms with van der Waals surface area (Å²) in [5.74, 6) is -5.14. The first-order chi connectivity index (χ1) is 7.21. The molecule has 0 amide bonds. The number of hydrogen-bond acceptors (Lipinski definition) is 0. The molecule has 0 N–H and O–H groups in total. The summed E-state index contributed by atoms with van der Waals surface area (Å²) >= 11 is 0.